The van der Waals surface area contributed by atoms with Gasteiger partial charge in [0.2, 0.25) is 11.8 Å². The van der Waals surface area contributed by atoms with E-state index in [-0.39, 0.29) is 18.2 Å². The fourth-order valence-corrected chi connectivity index (χ4v) is 3.05. The molecule has 3 aromatic rings. The van der Waals surface area contributed by atoms with Crippen LogP contribution < -0.4 is 10.7 Å². The number of hydrogen-bond acceptors (Lipinski definition) is 3. The van der Waals surface area contributed by atoms with Crippen molar-refractivity contribution in [3.8, 4) is 0 Å². The van der Waals surface area contributed by atoms with E-state index < -0.39 is 0 Å². The second-order valence-corrected chi connectivity index (χ2v) is 6.92. The van der Waals surface area contributed by atoms with Gasteiger partial charge < -0.3 is 5.32 Å². The van der Waals surface area contributed by atoms with Crippen molar-refractivity contribution in [2.24, 2.45) is 0 Å². The second-order valence-electron chi connectivity index (χ2n) is 6.92. The van der Waals surface area contributed by atoms with Crippen molar-refractivity contribution in [3.05, 3.63) is 102 Å². The standard InChI is InChI=1S/C24H25N3O2/c1-19(28)25-23-14-12-20(13-15-23)16-24(29)26-27(17-21-8-4-2-5-9-21)18-22-10-6-3-7-11-22/h2-15H,16-18H2,1H3,(H,25,28)(H,26,29). The van der Waals surface area contributed by atoms with E-state index in [1.54, 1.807) is 12.1 Å². The number of benzene rings is 3. The molecule has 3 aromatic carbocycles. The highest BCUT2D eigenvalue weighted by molar-refractivity contribution is 5.88. The largest absolute Gasteiger partial charge is 0.326 e. The SMILES string of the molecule is CC(=O)Nc1ccc(CC(=O)NN(Cc2ccccc2)Cc2ccccc2)cc1. The van der Waals surface area contributed by atoms with Crippen molar-refractivity contribution in [2.75, 3.05) is 5.32 Å². The summed E-state index contributed by atoms with van der Waals surface area (Å²) in [5.74, 6) is -0.197. The molecule has 148 valence electrons. The Morgan fingerprint density at radius 3 is 1.72 bits per heavy atom. The smallest absolute Gasteiger partial charge is 0.238 e. The average molecular weight is 387 g/mol. The Morgan fingerprint density at radius 1 is 0.724 bits per heavy atom. The van der Waals surface area contributed by atoms with E-state index in [1.807, 2.05) is 77.8 Å². The van der Waals surface area contributed by atoms with E-state index in [1.165, 1.54) is 6.92 Å². The Morgan fingerprint density at radius 2 is 1.24 bits per heavy atom. The zero-order chi connectivity index (χ0) is 20.5. The van der Waals surface area contributed by atoms with Crippen LogP contribution in [0.5, 0.6) is 0 Å². The van der Waals surface area contributed by atoms with Crippen LogP contribution in [0.2, 0.25) is 0 Å². The Hall–Kier alpha value is -3.44. The van der Waals surface area contributed by atoms with E-state index in [4.69, 9.17) is 0 Å². The molecule has 0 saturated carbocycles. The number of amides is 2. The summed E-state index contributed by atoms with van der Waals surface area (Å²) in [5, 5.41) is 4.65. The van der Waals surface area contributed by atoms with Crippen molar-refractivity contribution < 1.29 is 9.59 Å². The number of hydrazine groups is 1. The average Bonchev–Trinajstić information content (AvgIpc) is 2.70. The molecule has 5 nitrogen and oxygen atoms in total. The molecule has 3 rings (SSSR count). The van der Waals surface area contributed by atoms with Gasteiger partial charge in [-0.2, -0.15) is 0 Å². The Labute approximate surface area is 171 Å². The van der Waals surface area contributed by atoms with Gasteiger partial charge in [-0.3, -0.25) is 15.0 Å². The molecule has 0 fully saturated rings. The van der Waals surface area contributed by atoms with Crippen LogP contribution >= 0.6 is 0 Å². The predicted molar refractivity (Wildman–Crippen MR) is 115 cm³/mol. The first-order chi connectivity index (χ1) is 14.1. The third-order valence-electron chi connectivity index (χ3n) is 4.35. The first-order valence-electron chi connectivity index (χ1n) is 9.57. The molecule has 0 heterocycles. The van der Waals surface area contributed by atoms with Crippen molar-refractivity contribution in [1.82, 2.24) is 10.4 Å². The Bertz CT molecular complexity index is 884. The van der Waals surface area contributed by atoms with Gasteiger partial charge in [-0.25, -0.2) is 5.01 Å². The molecule has 0 unspecified atom stereocenters. The molecule has 2 amide bonds. The molecule has 0 spiro atoms. The van der Waals surface area contributed by atoms with Crippen LogP contribution in [0.1, 0.15) is 23.6 Å². The van der Waals surface area contributed by atoms with Gasteiger partial charge in [-0.15, -0.1) is 0 Å². The summed E-state index contributed by atoms with van der Waals surface area (Å²) in [6, 6.07) is 27.4. The quantitative estimate of drug-likeness (QED) is 0.576. The maximum atomic E-state index is 12.6. The molecule has 0 bridgehead atoms. The summed E-state index contributed by atoms with van der Waals surface area (Å²) >= 11 is 0. The Balaban J connectivity index is 1.64. The lowest BCUT2D eigenvalue weighted by Crippen LogP contribution is -2.42. The minimum atomic E-state index is -0.118. The molecule has 0 aliphatic rings. The molecule has 0 saturated heterocycles. The molecule has 5 heteroatoms. The lowest BCUT2D eigenvalue weighted by atomic mass is 10.1. The monoisotopic (exact) mass is 387 g/mol. The molecule has 2 N–H and O–H groups in total. The first kappa shape index (κ1) is 20.3. The number of anilines is 1. The normalized spacial score (nSPS) is 10.6. The van der Waals surface area contributed by atoms with Crippen LogP contribution in [-0.2, 0) is 29.1 Å². The number of carbonyl (C=O) groups is 2. The van der Waals surface area contributed by atoms with Gasteiger partial charge in [0.15, 0.2) is 0 Å². The Kier molecular flexibility index (Phi) is 7.14. The van der Waals surface area contributed by atoms with E-state index in [9.17, 15) is 9.59 Å². The van der Waals surface area contributed by atoms with Crippen LogP contribution in [0.4, 0.5) is 5.69 Å². The second kappa shape index (κ2) is 10.2. The highest BCUT2D eigenvalue weighted by Crippen LogP contribution is 2.11. The van der Waals surface area contributed by atoms with Gasteiger partial charge in [0.05, 0.1) is 6.42 Å². The van der Waals surface area contributed by atoms with Gasteiger partial charge in [0.25, 0.3) is 0 Å². The van der Waals surface area contributed by atoms with Gasteiger partial charge in [0.1, 0.15) is 0 Å². The summed E-state index contributed by atoms with van der Waals surface area (Å²) < 4.78 is 0. The zero-order valence-electron chi connectivity index (χ0n) is 16.5. The fourth-order valence-electron chi connectivity index (χ4n) is 3.05. The highest BCUT2D eigenvalue weighted by atomic mass is 16.2. The lowest BCUT2D eigenvalue weighted by molar-refractivity contribution is -0.125. The van der Waals surface area contributed by atoms with Crippen molar-refractivity contribution in [2.45, 2.75) is 26.4 Å². The third kappa shape index (κ3) is 6.90. The molecule has 0 aliphatic carbocycles. The van der Waals surface area contributed by atoms with Gasteiger partial charge >= 0.3 is 0 Å². The first-order valence-corrected chi connectivity index (χ1v) is 9.57. The van der Waals surface area contributed by atoms with E-state index in [2.05, 4.69) is 10.7 Å². The van der Waals surface area contributed by atoms with Gasteiger partial charge in [0, 0.05) is 25.7 Å². The molecular weight excluding hydrogens is 362 g/mol. The van der Waals surface area contributed by atoms with Crippen LogP contribution in [0.3, 0.4) is 0 Å². The summed E-state index contributed by atoms with van der Waals surface area (Å²) in [6.07, 6.45) is 0.264. The highest BCUT2D eigenvalue weighted by Gasteiger charge is 2.12. The molecule has 0 aromatic heterocycles. The third-order valence-corrected chi connectivity index (χ3v) is 4.35. The fraction of sp³-hybridized carbons (Fsp3) is 0.167. The predicted octanol–water partition coefficient (Wildman–Crippen LogP) is 3.92. The number of nitrogens with zero attached hydrogens (tertiary/aromatic N) is 1. The zero-order valence-corrected chi connectivity index (χ0v) is 16.5. The number of nitrogens with one attached hydrogen (secondary N) is 2. The van der Waals surface area contributed by atoms with E-state index >= 15 is 0 Å². The van der Waals surface area contributed by atoms with Crippen molar-refractivity contribution >= 4 is 17.5 Å². The summed E-state index contributed by atoms with van der Waals surface area (Å²) in [4.78, 5) is 23.8. The van der Waals surface area contributed by atoms with Crippen molar-refractivity contribution in [3.63, 3.8) is 0 Å². The summed E-state index contributed by atoms with van der Waals surface area (Å²) in [7, 11) is 0. The maximum Gasteiger partial charge on any atom is 0.238 e. The summed E-state index contributed by atoms with van der Waals surface area (Å²) in [6.45, 7) is 2.70. The van der Waals surface area contributed by atoms with Crippen molar-refractivity contribution in [1.29, 1.82) is 0 Å². The topological polar surface area (TPSA) is 61.4 Å². The molecular formula is C24H25N3O2. The van der Waals surface area contributed by atoms with Crippen LogP contribution in [0.25, 0.3) is 0 Å². The minimum Gasteiger partial charge on any atom is -0.326 e. The molecule has 29 heavy (non-hydrogen) atoms. The number of rotatable bonds is 8. The van der Waals surface area contributed by atoms with E-state index in [0.717, 1.165) is 22.4 Å². The van der Waals surface area contributed by atoms with Crippen LogP contribution in [0, 0.1) is 0 Å². The molecule has 0 radical (unpaired) electrons. The van der Waals surface area contributed by atoms with Gasteiger partial charge in [-0.05, 0) is 28.8 Å². The number of carbonyl (C=O) groups excluding carboxylic acids is 2. The molecule has 0 aliphatic heterocycles. The minimum absolute atomic E-state index is 0.0795. The van der Waals surface area contributed by atoms with Gasteiger partial charge in [-0.1, -0.05) is 72.8 Å². The maximum absolute atomic E-state index is 12.6. The lowest BCUT2D eigenvalue weighted by Gasteiger charge is -2.23. The number of hydrogen-bond donors (Lipinski definition) is 2. The van der Waals surface area contributed by atoms with E-state index in [0.29, 0.717) is 13.1 Å². The van der Waals surface area contributed by atoms with Crippen LogP contribution in [-0.4, -0.2) is 16.8 Å². The van der Waals surface area contributed by atoms with Crippen LogP contribution in [0.15, 0.2) is 84.9 Å². The summed E-state index contributed by atoms with van der Waals surface area (Å²) in [5.41, 5.74) is 6.89. The molecule has 0 atom stereocenters.